The van der Waals surface area contributed by atoms with Crippen molar-refractivity contribution < 1.29 is 23.5 Å². The van der Waals surface area contributed by atoms with Gasteiger partial charge in [-0.3, -0.25) is 9.69 Å². The molecule has 0 spiro atoms. The molecule has 0 aromatic heterocycles. The van der Waals surface area contributed by atoms with Crippen LogP contribution in [0, 0.1) is 5.82 Å². The van der Waals surface area contributed by atoms with Crippen LogP contribution in [0.15, 0.2) is 36.4 Å². The van der Waals surface area contributed by atoms with Crippen molar-refractivity contribution in [1.29, 1.82) is 0 Å². The molecule has 2 aliphatic heterocycles. The van der Waals surface area contributed by atoms with E-state index in [-0.39, 0.29) is 28.8 Å². The van der Waals surface area contributed by atoms with Gasteiger partial charge in [0.05, 0.1) is 0 Å². The van der Waals surface area contributed by atoms with Crippen molar-refractivity contribution in [3.63, 3.8) is 0 Å². The number of hydrogen-bond donors (Lipinski definition) is 1. The largest absolute Gasteiger partial charge is 0.492 e. The molecule has 2 heterocycles. The highest BCUT2D eigenvalue weighted by atomic mass is 35.5. The molecule has 2 aliphatic rings. The summed E-state index contributed by atoms with van der Waals surface area (Å²) in [6.07, 6.45) is 3.18. The lowest BCUT2D eigenvalue weighted by atomic mass is 9.88. The van der Waals surface area contributed by atoms with E-state index in [1.807, 2.05) is 18.2 Å². The number of hydrogen-bond acceptors (Lipinski definition) is 5. The number of nitrogens with zero attached hydrogens (tertiary/aromatic N) is 2. The number of likely N-dealkylation sites (tertiary alicyclic amines) is 2. The average molecular weight is 609 g/mol. The van der Waals surface area contributed by atoms with E-state index in [0.717, 1.165) is 43.8 Å². The normalized spacial score (nSPS) is 17.4. The number of piperidine rings is 1. The smallest absolute Gasteiger partial charge is 0.408 e. The van der Waals surface area contributed by atoms with Gasteiger partial charge in [0.25, 0.3) is 0 Å². The molecule has 0 unspecified atom stereocenters. The summed E-state index contributed by atoms with van der Waals surface area (Å²) in [5.74, 6) is 0.190. The van der Waals surface area contributed by atoms with Gasteiger partial charge in [-0.2, -0.15) is 0 Å². The second-order valence-electron chi connectivity index (χ2n) is 11.8. The number of nitrogens with one attached hydrogen (secondary N) is 1. The average Bonchev–Trinajstić information content (AvgIpc) is 3.42. The van der Waals surface area contributed by atoms with Crippen molar-refractivity contribution in [2.75, 3.05) is 39.3 Å². The third-order valence-corrected chi connectivity index (χ3v) is 7.98. The Kier molecular flexibility index (Phi) is 10.8. The molecule has 2 saturated heterocycles. The maximum Gasteiger partial charge on any atom is 0.408 e. The molecule has 10 heteroatoms. The number of carbonyl (C=O) groups excluding carboxylic acids is 2. The fourth-order valence-electron chi connectivity index (χ4n) is 5.45. The molecule has 2 aromatic carbocycles. The number of halogens is 3. The van der Waals surface area contributed by atoms with Crippen LogP contribution in [-0.2, 0) is 16.0 Å². The van der Waals surface area contributed by atoms with Gasteiger partial charge in [-0.15, -0.1) is 0 Å². The number of ether oxygens (including phenoxy) is 2. The first-order valence-electron chi connectivity index (χ1n) is 14.4. The van der Waals surface area contributed by atoms with Gasteiger partial charge in [0.2, 0.25) is 5.91 Å². The molecule has 4 rings (SSSR count). The van der Waals surface area contributed by atoms with Crippen molar-refractivity contribution in [2.45, 2.75) is 70.4 Å². The highest BCUT2D eigenvalue weighted by molar-refractivity contribution is 6.31. The standard InChI is InChI=1S/C31H40Cl2FN3O4/c1-31(2,3)41-30(39)35-27(18-22-6-7-23(32)19-26(22)34)29(38)37-14-10-21(11-15-37)25-9-8-24(33)20-28(25)40-17-16-36-12-4-5-13-36/h6-9,19-21,27H,4-5,10-18H2,1-3H3,(H,35,39)/t27-/m1/s1. The van der Waals surface area contributed by atoms with Gasteiger partial charge in [-0.1, -0.05) is 35.3 Å². The highest BCUT2D eigenvalue weighted by Gasteiger charge is 2.32. The summed E-state index contributed by atoms with van der Waals surface area (Å²) in [6.45, 7) is 9.95. The summed E-state index contributed by atoms with van der Waals surface area (Å²) in [5, 5.41) is 3.56. The zero-order valence-electron chi connectivity index (χ0n) is 24.1. The van der Waals surface area contributed by atoms with Crippen LogP contribution in [-0.4, -0.2) is 72.8 Å². The molecular formula is C31H40Cl2FN3O4. The minimum atomic E-state index is -0.989. The van der Waals surface area contributed by atoms with Crippen LogP contribution in [0.4, 0.5) is 9.18 Å². The molecule has 0 saturated carbocycles. The van der Waals surface area contributed by atoms with E-state index < -0.39 is 23.6 Å². The van der Waals surface area contributed by atoms with Crippen molar-refractivity contribution >= 4 is 35.2 Å². The quantitative estimate of drug-likeness (QED) is 0.355. The summed E-state index contributed by atoms with van der Waals surface area (Å²) >= 11 is 12.2. The third-order valence-electron chi connectivity index (χ3n) is 7.51. The van der Waals surface area contributed by atoms with E-state index in [2.05, 4.69) is 10.2 Å². The van der Waals surface area contributed by atoms with E-state index in [1.165, 1.54) is 25.0 Å². The molecule has 2 amide bonds. The second-order valence-corrected chi connectivity index (χ2v) is 12.7. The van der Waals surface area contributed by atoms with E-state index in [4.69, 9.17) is 32.7 Å². The van der Waals surface area contributed by atoms with Crippen LogP contribution >= 0.6 is 23.2 Å². The summed E-state index contributed by atoms with van der Waals surface area (Å²) in [5.41, 5.74) is 0.638. The minimum absolute atomic E-state index is 0.0206. The van der Waals surface area contributed by atoms with Crippen LogP contribution in [0.25, 0.3) is 0 Å². The molecule has 0 radical (unpaired) electrons. The van der Waals surface area contributed by atoms with Crippen molar-refractivity contribution in [1.82, 2.24) is 15.1 Å². The van der Waals surface area contributed by atoms with E-state index in [9.17, 15) is 14.0 Å². The third kappa shape index (κ3) is 9.22. The predicted molar refractivity (Wildman–Crippen MR) is 159 cm³/mol. The van der Waals surface area contributed by atoms with Crippen LogP contribution in [0.3, 0.4) is 0 Å². The van der Waals surface area contributed by atoms with Gasteiger partial charge >= 0.3 is 6.09 Å². The number of alkyl carbamates (subject to hydrolysis) is 1. The number of benzene rings is 2. The van der Waals surface area contributed by atoms with E-state index in [0.29, 0.717) is 24.7 Å². The summed E-state index contributed by atoms with van der Waals surface area (Å²) in [4.78, 5) is 30.4. The fourth-order valence-corrected chi connectivity index (χ4v) is 5.77. The number of carbonyl (C=O) groups is 2. The van der Waals surface area contributed by atoms with Gasteiger partial charge in [-0.05, 0) is 101 Å². The first-order chi connectivity index (χ1) is 19.5. The Morgan fingerprint density at radius 3 is 2.34 bits per heavy atom. The monoisotopic (exact) mass is 607 g/mol. The molecule has 1 atom stereocenters. The molecule has 1 N–H and O–H groups in total. The zero-order valence-corrected chi connectivity index (χ0v) is 25.6. The fraction of sp³-hybridized carbons (Fsp3) is 0.548. The number of rotatable bonds is 9. The lowest BCUT2D eigenvalue weighted by molar-refractivity contribution is -0.134. The first-order valence-corrected chi connectivity index (χ1v) is 15.1. The molecule has 7 nitrogen and oxygen atoms in total. The Morgan fingerprint density at radius 1 is 1.02 bits per heavy atom. The zero-order chi connectivity index (χ0) is 29.6. The van der Waals surface area contributed by atoms with Crippen LogP contribution in [0.1, 0.15) is 63.5 Å². The topological polar surface area (TPSA) is 71.1 Å². The van der Waals surface area contributed by atoms with Crippen molar-refractivity contribution in [2.24, 2.45) is 0 Å². The molecule has 2 aromatic rings. The Balaban J connectivity index is 1.41. The Hall–Kier alpha value is -2.55. The summed E-state index contributed by atoms with van der Waals surface area (Å²) < 4.78 is 26.2. The van der Waals surface area contributed by atoms with E-state index in [1.54, 1.807) is 31.7 Å². The molecule has 224 valence electrons. The maximum absolute atomic E-state index is 14.6. The maximum atomic E-state index is 14.6. The molecule has 0 aliphatic carbocycles. The van der Waals surface area contributed by atoms with Gasteiger partial charge in [0.1, 0.15) is 29.8 Å². The van der Waals surface area contributed by atoms with Gasteiger partial charge < -0.3 is 19.7 Å². The number of amides is 2. The lowest BCUT2D eigenvalue weighted by Gasteiger charge is -2.35. The lowest BCUT2D eigenvalue weighted by Crippen LogP contribution is -2.52. The van der Waals surface area contributed by atoms with Crippen LogP contribution < -0.4 is 10.1 Å². The Bertz CT molecular complexity index is 1210. The Morgan fingerprint density at radius 2 is 1.68 bits per heavy atom. The summed E-state index contributed by atoms with van der Waals surface area (Å²) in [7, 11) is 0. The van der Waals surface area contributed by atoms with Gasteiger partial charge in [0.15, 0.2) is 0 Å². The predicted octanol–water partition coefficient (Wildman–Crippen LogP) is 6.45. The van der Waals surface area contributed by atoms with Crippen molar-refractivity contribution in [3.05, 3.63) is 63.4 Å². The molecule has 41 heavy (non-hydrogen) atoms. The van der Waals surface area contributed by atoms with Gasteiger partial charge in [-0.25, -0.2) is 9.18 Å². The molecule has 2 fully saturated rings. The molecular weight excluding hydrogens is 568 g/mol. The van der Waals surface area contributed by atoms with Crippen LogP contribution in [0.5, 0.6) is 5.75 Å². The van der Waals surface area contributed by atoms with E-state index >= 15 is 0 Å². The van der Waals surface area contributed by atoms with Crippen molar-refractivity contribution in [3.8, 4) is 5.75 Å². The minimum Gasteiger partial charge on any atom is -0.492 e. The second kappa shape index (κ2) is 14.1. The SMILES string of the molecule is CC(C)(C)OC(=O)N[C@H](Cc1ccc(Cl)cc1F)C(=O)N1CCC(c2ccc(Cl)cc2OCCN2CCCC2)CC1. The van der Waals surface area contributed by atoms with Crippen LogP contribution in [0.2, 0.25) is 10.0 Å². The highest BCUT2D eigenvalue weighted by Crippen LogP contribution is 2.36. The molecule has 0 bridgehead atoms. The summed E-state index contributed by atoms with van der Waals surface area (Å²) in [6, 6.07) is 9.09. The van der Waals surface area contributed by atoms with Gasteiger partial charge in [0, 0.05) is 36.1 Å². The Labute approximate surface area is 252 Å². The first kappa shape index (κ1) is 31.4.